The fraction of sp³-hybridized carbons (Fsp3) is 0.286. The molecule has 0 amide bonds. The van der Waals surface area contributed by atoms with E-state index in [1.54, 1.807) is 6.92 Å². The van der Waals surface area contributed by atoms with Crippen LogP contribution in [0.5, 0.6) is 5.75 Å². The summed E-state index contributed by atoms with van der Waals surface area (Å²) in [6.07, 6.45) is 0. The van der Waals surface area contributed by atoms with Gasteiger partial charge in [0.25, 0.3) is 0 Å². The van der Waals surface area contributed by atoms with Gasteiger partial charge in [-0.25, -0.2) is 0 Å². The number of alkyl halides is 2. The normalized spacial score (nSPS) is 10.5. The Morgan fingerprint density at radius 1 is 1.69 bits per heavy atom. The highest BCUT2D eigenvalue weighted by Gasteiger charge is 2.14. The quantitative estimate of drug-likeness (QED) is 0.798. The van der Waals surface area contributed by atoms with Gasteiger partial charge in [0.1, 0.15) is 15.6 Å². The van der Waals surface area contributed by atoms with Gasteiger partial charge < -0.3 is 10.5 Å². The molecule has 1 rings (SSSR count). The van der Waals surface area contributed by atoms with Gasteiger partial charge >= 0.3 is 6.61 Å². The first kappa shape index (κ1) is 10.3. The largest absolute Gasteiger partial charge is 0.433 e. The molecule has 0 aromatic carbocycles. The number of thiophene rings is 1. The van der Waals surface area contributed by atoms with Gasteiger partial charge in [-0.05, 0) is 13.0 Å². The van der Waals surface area contributed by atoms with Crippen LogP contribution in [0.3, 0.4) is 0 Å². The lowest BCUT2D eigenvalue weighted by Gasteiger charge is -2.03. The summed E-state index contributed by atoms with van der Waals surface area (Å²) < 4.78 is 28.0. The van der Waals surface area contributed by atoms with Crippen LogP contribution in [-0.2, 0) is 0 Å². The zero-order chi connectivity index (χ0) is 10.0. The Morgan fingerprint density at radius 2 is 2.31 bits per heavy atom. The Morgan fingerprint density at radius 3 is 2.77 bits per heavy atom. The second kappa shape index (κ2) is 3.97. The lowest BCUT2D eigenvalue weighted by Crippen LogP contribution is -2.10. The molecule has 1 aromatic heterocycles. The second-order valence-corrected chi connectivity index (χ2v) is 3.99. The monoisotopic (exact) mass is 223 g/mol. The molecule has 0 saturated heterocycles. The standard InChI is InChI=1S/C7H7F2NOS2/c1-3-2-4(11-7(8)9)5(13-3)6(10)12/h2,7H,1H3,(H2,10,12). The number of ether oxygens (including phenoxy) is 1. The zero-order valence-corrected chi connectivity index (χ0v) is 8.35. The molecular formula is C7H7F2NOS2. The predicted octanol–water partition coefficient (Wildman–Crippen LogP) is 2.29. The minimum atomic E-state index is -2.85. The van der Waals surface area contributed by atoms with Crippen molar-refractivity contribution < 1.29 is 13.5 Å². The SMILES string of the molecule is Cc1cc(OC(F)F)c(C(N)=S)s1. The summed E-state index contributed by atoms with van der Waals surface area (Å²) in [4.78, 5) is 1.31. The molecule has 0 spiro atoms. The molecule has 0 fully saturated rings. The van der Waals surface area contributed by atoms with Gasteiger partial charge in [-0.15, -0.1) is 11.3 Å². The van der Waals surface area contributed by atoms with Gasteiger partial charge in [-0.2, -0.15) is 8.78 Å². The van der Waals surface area contributed by atoms with Crippen LogP contribution in [0.15, 0.2) is 6.07 Å². The summed E-state index contributed by atoms with van der Waals surface area (Å²) in [6, 6.07) is 1.49. The highest BCUT2D eigenvalue weighted by molar-refractivity contribution is 7.81. The molecule has 72 valence electrons. The Balaban J connectivity index is 2.97. The van der Waals surface area contributed by atoms with Gasteiger partial charge in [0.2, 0.25) is 0 Å². The number of aryl methyl sites for hydroxylation is 1. The molecule has 0 bridgehead atoms. The van der Waals surface area contributed by atoms with Crippen molar-refractivity contribution in [3.8, 4) is 5.75 Å². The number of thiocarbonyl (C=S) groups is 1. The summed E-state index contributed by atoms with van der Waals surface area (Å²) in [5, 5.41) is 0. The molecule has 0 aliphatic carbocycles. The third-order valence-electron chi connectivity index (χ3n) is 1.26. The smallest absolute Gasteiger partial charge is 0.387 e. The van der Waals surface area contributed by atoms with E-state index in [1.165, 1.54) is 17.4 Å². The van der Waals surface area contributed by atoms with E-state index < -0.39 is 6.61 Å². The second-order valence-electron chi connectivity index (χ2n) is 2.29. The van der Waals surface area contributed by atoms with E-state index in [0.29, 0.717) is 4.88 Å². The number of nitrogens with two attached hydrogens (primary N) is 1. The van der Waals surface area contributed by atoms with Crippen LogP contribution in [0, 0.1) is 6.92 Å². The van der Waals surface area contributed by atoms with Crippen LogP contribution >= 0.6 is 23.6 Å². The first-order valence-electron chi connectivity index (χ1n) is 3.35. The summed E-state index contributed by atoms with van der Waals surface area (Å²) in [7, 11) is 0. The fourth-order valence-corrected chi connectivity index (χ4v) is 1.87. The lowest BCUT2D eigenvalue weighted by atomic mass is 10.4. The average Bonchev–Trinajstić information content (AvgIpc) is 2.29. The third-order valence-corrected chi connectivity index (χ3v) is 2.66. The van der Waals surface area contributed by atoms with Gasteiger partial charge in [0, 0.05) is 4.88 Å². The van der Waals surface area contributed by atoms with Crippen molar-refractivity contribution in [3.63, 3.8) is 0 Å². The maximum atomic E-state index is 11.9. The Hall–Kier alpha value is -0.750. The molecule has 1 aromatic rings. The molecule has 0 saturated carbocycles. The van der Waals surface area contributed by atoms with Crippen molar-refractivity contribution >= 4 is 28.5 Å². The maximum Gasteiger partial charge on any atom is 0.387 e. The van der Waals surface area contributed by atoms with Crippen molar-refractivity contribution in [2.24, 2.45) is 5.73 Å². The molecule has 1 heterocycles. The topological polar surface area (TPSA) is 35.2 Å². The highest BCUT2D eigenvalue weighted by atomic mass is 32.1. The molecule has 6 heteroatoms. The minimum Gasteiger partial charge on any atom is -0.433 e. The molecule has 13 heavy (non-hydrogen) atoms. The zero-order valence-electron chi connectivity index (χ0n) is 6.71. The van der Waals surface area contributed by atoms with Crippen molar-refractivity contribution in [2.75, 3.05) is 0 Å². The van der Waals surface area contributed by atoms with Gasteiger partial charge in [-0.3, -0.25) is 0 Å². The fourth-order valence-electron chi connectivity index (χ4n) is 0.846. The minimum absolute atomic E-state index is 0.0602. The predicted molar refractivity (Wildman–Crippen MR) is 51.6 cm³/mol. The van der Waals surface area contributed by atoms with Gasteiger partial charge in [-0.1, -0.05) is 12.2 Å². The summed E-state index contributed by atoms with van der Waals surface area (Å²) >= 11 is 5.92. The van der Waals surface area contributed by atoms with Crippen molar-refractivity contribution in [2.45, 2.75) is 13.5 Å². The Bertz CT molecular complexity index is 324. The molecule has 0 atom stereocenters. The molecule has 0 aliphatic rings. The summed E-state index contributed by atoms with van der Waals surface area (Å²) in [6.45, 7) is -1.08. The maximum absolute atomic E-state index is 11.9. The van der Waals surface area contributed by atoms with E-state index in [1.807, 2.05) is 0 Å². The van der Waals surface area contributed by atoms with Crippen LogP contribution in [0.2, 0.25) is 0 Å². The van der Waals surface area contributed by atoms with Crippen LogP contribution in [-0.4, -0.2) is 11.6 Å². The molecule has 0 aliphatic heterocycles. The number of hydrogen-bond donors (Lipinski definition) is 1. The first-order valence-corrected chi connectivity index (χ1v) is 4.58. The number of hydrogen-bond acceptors (Lipinski definition) is 3. The highest BCUT2D eigenvalue weighted by Crippen LogP contribution is 2.29. The van der Waals surface area contributed by atoms with Crippen LogP contribution < -0.4 is 10.5 Å². The van der Waals surface area contributed by atoms with Crippen molar-refractivity contribution in [3.05, 3.63) is 15.8 Å². The average molecular weight is 223 g/mol. The van der Waals surface area contributed by atoms with Gasteiger partial charge in [0.05, 0.1) is 0 Å². The van der Waals surface area contributed by atoms with Crippen LogP contribution in [0.1, 0.15) is 9.75 Å². The summed E-state index contributed by atoms with van der Waals surface area (Å²) in [5.74, 6) is 0.0602. The van der Waals surface area contributed by atoms with E-state index in [0.717, 1.165) is 4.88 Å². The van der Waals surface area contributed by atoms with Crippen LogP contribution in [0.4, 0.5) is 8.78 Å². The van der Waals surface area contributed by atoms with Crippen molar-refractivity contribution in [1.29, 1.82) is 0 Å². The van der Waals surface area contributed by atoms with E-state index in [2.05, 4.69) is 17.0 Å². The van der Waals surface area contributed by atoms with Crippen LogP contribution in [0.25, 0.3) is 0 Å². The van der Waals surface area contributed by atoms with Crippen molar-refractivity contribution in [1.82, 2.24) is 0 Å². The molecule has 2 nitrogen and oxygen atoms in total. The first-order chi connectivity index (χ1) is 6.00. The number of halogens is 2. The molecule has 0 unspecified atom stereocenters. The third kappa shape index (κ3) is 2.60. The lowest BCUT2D eigenvalue weighted by molar-refractivity contribution is -0.0496. The number of rotatable bonds is 3. The van der Waals surface area contributed by atoms with E-state index >= 15 is 0 Å². The molecular weight excluding hydrogens is 216 g/mol. The molecule has 2 N–H and O–H groups in total. The Kier molecular flexibility index (Phi) is 3.16. The van der Waals surface area contributed by atoms with Gasteiger partial charge in [0.15, 0.2) is 0 Å². The summed E-state index contributed by atoms with van der Waals surface area (Å²) in [5.41, 5.74) is 5.32. The van der Waals surface area contributed by atoms with E-state index in [9.17, 15) is 8.78 Å². The Labute approximate surface area is 83.3 Å². The van der Waals surface area contributed by atoms with E-state index in [-0.39, 0.29) is 10.7 Å². The van der Waals surface area contributed by atoms with E-state index in [4.69, 9.17) is 5.73 Å². The molecule has 0 radical (unpaired) electrons.